The van der Waals surface area contributed by atoms with Gasteiger partial charge in [-0.15, -0.1) is 0 Å². The smallest absolute Gasteiger partial charge is 0.123 e. The molecule has 21 heavy (non-hydrogen) atoms. The predicted molar refractivity (Wildman–Crippen MR) is 90.0 cm³/mol. The van der Waals surface area contributed by atoms with E-state index in [-0.39, 0.29) is 11.9 Å². The van der Waals surface area contributed by atoms with Crippen LogP contribution in [0.25, 0.3) is 0 Å². The molecule has 1 unspecified atom stereocenters. The zero-order valence-corrected chi connectivity index (χ0v) is 14.1. The van der Waals surface area contributed by atoms with E-state index in [1.54, 1.807) is 6.07 Å². The molecule has 0 bridgehead atoms. The van der Waals surface area contributed by atoms with Gasteiger partial charge in [0.15, 0.2) is 0 Å². The molecular weight excluding hydrogens is 329 g/mol. The van der Waals surface area contributed by atoms with Crippen molar-refractivity contribution in [1.29, 1.82) is 0 Å². The highest BCUT2D eigenvalue weighted by Gasteiger charge is 2.13. The second-order valence-electron chi connectivity index (χ2n) is 5.33. The molecule has 0 aliphatic rings. The summed E-state index contributed by atoms with van der Waals surface area (Å²) >= 11 is 3.47. The van der Waals surface area contributed by atoms with Crippen LogP contribution in [-0.2, 0) is 6.42 Å². The molecule has 0 amide bonds. The van der Waals surface area contributed by atoms with Crippen LogP contribution in [-0.4, -0.2) is 6.54 Å². The molecule has 3 heteroatoms. The van der Waals surface area contributed by atoms with Crippen molar-refractivity contribution in [3.05, 3.63) is 69.4 Å². The fraction of sp³-hybridized carbons (Fsp3) is 0.333. The molecule has 2 aromatic carbocycles. The Labute approximate surface area is 134 Å². The van der Waals surface area contributed by atoms with E-state index < -0.39 is 0 Å². The molecule has 0 radical (unpaired) electrons. The first-order valence-electron chi connectivity index (χ1n) is 7.34. The largest absolute Gasteiger partial charge is 0.310 e. The minimum atomic E-state index is -0.166. The minimum absolute atomic E-state index is 0.166. The van der Waals surface area contributed by atoms with Gasteiger partial charge in [-0.1, -0.05) is 41.1 Å². The third-order valence-electron chi connectivity index (χ3n) is 3.65. The molecular formula is C18H21BrFN. The highest BCUT2D eigenvalue weighted by Crippen LogP contribution is 2.23. The summed E-state index contributed by atoms with van der Waals surface area (Å²) < 4.78 is 14.6. The first kappa shape index (κ1) is 16.2. The van der Waals surface area contributed by atoms with E-state index in [9.17, 15) is 4.39 Å². The Bertz CT molecular complexity index is 580. The predicted octanol–water partition coefficient (Wildman–Crippen LogP) is 5.18. The van der Waals surface area contributed by atoms with Crippen LogP contribution in [0.5, 0.6) is 0 Å². The van der Waals surface area contributed by atoms with Gasteiger partial charge in [0.1, 0.15) is 5.82 Å². The summed E-state index contributed by atoms with van der Waals surface area (Å²) in [6.07, 6.45) is 1.88. The summed E-state index contributed by atoms with van der Waals surface area (Å²) in [5, 5.41) is 3.56. The molecule has 0 aliphatic carbocycles. The van der Waals surface area contributed by atoms with Crippen LogP contribution in [0.1, 0.15) is 36.1 Å². The number of nitrogens with one attached hydrogen (secondary N) is 1. The first-order valence-corrected chi connectivity index (χ1v) is 8.13. The van der Waals surface area contributed by atoms with Gasteiger partial charge < -0.3 is 5.32 Å². The molecule has 0 spiro atoms. The van der Waals surface area contributed by atoms with Crippen molar-refractivity contribution in [3.8, 4) is 0 Å². The van der Waals surface area contributed by atoms with Gasteiger partial charge >= 0.3 is 0 Å². The lowest BCUT2D eigenvalue weighted by atomic mass is 9.96. The van der Waals surface area contributed by atoms with Gasteiger partial charge in [0, 0.05) is 10.5 Å². The Kier molecular flexibility index (Phi) is 5.95. The highest BCUT2D eigenvalue weighted by molar-refractivity contribution is 9.10. The molecule has 1 N–H and O–H groups in total. The van der Waals surface area contributed by atoms with Gasteiger partial charge in [0.25, 0.3) is 0 Å². The number of benzene rings is 2. The SMILES string of the molecule is CCCNC(Cc1cc(F)ccc1C)c1ccc(Br)cc1. The molecule has 112 valence electrons. The number of halogens is 2. The van der Waals surface area contributed by atoms with E-state index >= 15 is 0 Å². The molecule has 0 heterocycles. The zero-order chi connectivity index (χ0) is 15.2. The van der Waals surface area contributed by atoms with Crippen LogP contribution >= 0.6 is 15.9 Å². The van der Waals surface area contributed by atoms with E-state index in [4.69, 9.17) is 0 Å². The average molecular weight is 350 g/mol. The molecule has 0 aromatic heterocycles. The fourth-order valence-corrected chi connectivity index (χ4v) is 2.67. The monoisotopic (exact) mass is 349 g/mol. The van der Waals surface area contributed by atoms with Crippen molar-refractivity contribution in [3.63, 3.8) is 0 Å². The third kappa shape index (κ3) is 4.65. The summed E-state index contributed by atoms with van der Waals surface area (Å²) in [5.74, 6) is -0.166. The molecule has 1 atom stereocenters. The summed E-state index contributed by atoms with van der Waals surface area (Å²) in [7, 11) is 0. The van der Waals surface area contributed by atoms with E-state index in [0.29, 0.717) is 0 Å². The minimum Gasteiger partial charge on any atom is -0.310 e. The Morgan fingerprint density at radius 2 is 1.86 bits per heavy atom. The molecule has 0 aliphatic heterocycles. The van der Waals surface area contributed by atoms with Gasteiger partial charge in [-0.05, 0) is 67.3 Å². The number of hydrogen-bond acceptors (Lipinski definition) is 1. The number of aryl methyl sites for hydroxylation is 1. The Hall–Kier alpha value is -1.19. The molecule has 0 saturated carbocycles. The first-order chi connectivity index (χ1) is 10.1. The maximum atomic E-state index is 13.5. The summed E-state index contributed by atoms with van der Waals surface area (Å²) in [4.78, 5) is 0. The van der Waals surface area contributed by atoms with Crippen molar-refractivity contribution in [2.24, 2.45) is 0 Å². The Balaban J connectivity index is 2.23. The Morgan fingerprint density at radius 1 is 1.14 bits per heavy atom. The van der Waals surface area contributed by atoms with Crippen molar-refractivity contribution < 1.29 is 4.39 Å². The van der Waals surface area contributed by atoms with E-state index in [2.05, 4.69) is 40.3 Å². The van der Waals surface area contributed by atoms with Crippen molar-refractivity contribution >= 4 is 15.9 Å². The summed E-state index contributed by atoms with van der Waals surface area (Å²) in [5.41, 5.74) is 3.43. The van der Waals surface area contributed by atoms with Gasteiger partial charge in [0.05, 0.1) is 0 Å². The van der Waals surface area contributed by atoms with Gasteiger partial charge in [-0.25, -0.2) is 4.39 Å². The Morgan fingerprint density at radius 3 is 2.52 bits per heavy atom. The van der Waals surface area contributed by atoms with Crippen molar-refractivity contribution in [2.75, 3.05) is 6.54 Å². The third-order valence-corrected chi connectivity index (χ3v) is 4.18. The molecule has 2 rings (SSSR count). The van der Waals surface area contributed by atoms with Crippen LogP contribution < -0.4 is 5.32 Å². The zero-order valence-electron chi connectivity index (χ0n) is 12.5. The summed E-state index contributed by atoms with van der Waals surface area (Å²) in [6, 6.07) is 13.6. The topological polar surface area (TPSA) is 12.0 Å². The van der Waals surface area contributed by atoms with Gasteiger partial charge in [0.2, 0.25) is 0 Å². The van der Waals surface area contributed by atoms with Crippen molar-refractivity contribution in [1.82, 2.24) is 5.32 Å². The maximum absolute atomic E-state index is 13.5. The second-order valence-corrected chi connectivity index (χ2v) is 6.25. The quantitative estimate of drug-likeness (QED) is 0.757. The van der Waals surface area contributed by atoms with Gasteiger partial charge in [-0.2, -0.15) is 0 Å². The average Bonchev–Trinajstić information content (AvgIpc) is 2.48. The van der Waals surface area contributed by atoms with Crippen molar-refractivity contribution in [2.45, 2.75) is 32.7 Å². The van der Waals surface area contributed by atoms with E-state index in [1.807, 2.05) is 25.1 Å². The lowest BCUT2D eigenvalue weighted by Gasteiger charge is -2.20. The lowest BCUT2D eigenvalue weighted by Crippen LogP contribution is -2.24. The number of rotatable bonds is 6. The van der Waals surface area contributed by atoms with Crippen LogP contribution in [0.3, 0.4) is 0 Å². The van der Waals surface area contributed by atoms with Crippen LogP contribution in [0.15, 0.2) is 46.9 Å². The van der Waals surface area contributed by atoms with E-state index in [1.165, 1.54) is 11.6 Å². The van der Waals surface area contributed by atoms with Crippen LogP contribution in [0.4, 0.5) is 4.39 Å². The molecule has 0 fully saturated rings. The lowest BCUT2D eigenvalue weighted by molar-refractivity contribution is 0.526. The standard InChI is InChI=1S/C18H21BrFN/c1-3-10-21-18(14-5-7-16(19)8-6-14)12-15-11-17(20)9-4-13(15)2/h4-9,11,18,21H,3,10,12H2,1-2H3. The second kappa shape index (κ2) is 7.71. The summed E-state index contributed by atoms with van der Waals surface area (Å²) in [6.45, 7) is 5.14. The number of hydrogen-bond donors (Lipinski definition) is 1. The van der Waals surface area contributed by atoms with Crippen LogP contribution in [0.2, 0.25) is 0 Å². The van der Waals surface area contributed by atoms with Gasteiger partial charge in [-0.3, -0.25) is 0 Å². The van der Waals surface area contributed by atoms with E-state index in [0.717, 1.165) is 35.0 Å². The molecule has 0 saturated heterocycles. The molecule has 1 nitrogen and oxygen atoms in total. The fourth-order valence-electron chi connectivity index (χ4n) is 2.40. The molecule has 2 aromatic rings. The highest BCUT2D eigenvalue weighted by atomic mass is 79.9. The maximum Gasteiger partial charge on any atom is 0.123 e. The normalized spacial score (nSPS) is 12.4. The van der Waals surface area contributed by atoms with Crippen LogP contribution in [0, 0.1) is 12.7 Å².